The zero-order chi connectivity index (χ0) is 12.1. The molecule has 0 saturated carbocycles. The zero-order valence-corrected chi connectivity index (χ0v) is 11.7. The quantitative estimate of drug-likeness (QED) is 0.780. The molecule has 0 aromatic rings. The first-order valence-corrected chi connectivity index (χ1v) is 6.64. The van der Waals surface area contributed by atoms with E-state index in [9.17, 15) is 0 Å². The Morgan fingerprint density at radius 3 is 2.62 bits per heavy atom. The van der Waals surface area contributed by atoms with Crippen LogP contribution in [0.4, 0.5) is 0 Å². The second-order valence-corrected chi connectivity index (χ2v) is 5.47. The second-order valence-electron chi connectivity index (χ2n) is 5.47. The summed E-state index contributed by atoms with van der Waals surface area (Å²) in [6, 6.07) is 1.42. The number of hydrogen-bond donors (Lipinski definition) is 1. The van der Waals surface area contributed by atoms with E-state index in [0.29, 0.717) is 6.04 Å². The van der Waals surface area contributed by atoms with Crippen molar-refractivity contribution in [2.45, 2.75) is 38.8 Å². The number of nitrogens with one attached hydrogen (secondary N) is 1. The molecule has 0 aromatic carbocycles. The summed E-state index contributed by atoms with van der Waals surface area (Å²) in [6.07, 6.45) is 2.52. The highest BCUT2D eigenvalue weighted by Gasteiger charge is 2.29. The molecule has 0 spiro atoms. The number of hydrogen-bond acceptors (Lipinski definition) is 3. The van der Waals surface area contributed by atoms with Crippen LogP contribution in [0.1, 0.15) is 26.7 Å². The third-order valence-electron chi connectivity index (χ3n) is 3.99. The topological polar surface area (TPSA) is 18.5 Å². The molecule has 1 unspecified atom stereocenters. The summed E-state index contributed by atoms with van der Waals surface area (Å²) in [6.45, 7) is 8.21. The highest BCUT2D eigenvalue weighted by Crippen LogP contribution is 2.21. The van der Waals surface area contributed by atoms with Crippen LogP contribution in [0.3, 0.4) is 0 Å². The van der Waals surface area contributed by atoms with E-state index >= 15 is 0 Å². The van der Waals surface area contributed by atoms with Crippen LogP contribution in [-0.2, 0) is 0 Å². The summed E-state index contributed by atoms with van der Waals surface area (Å²) in [4.78, 5) is 4.83. The molecular formula is C13H29N3. The van der Waals surface area contributed by atoms with Crippen LogP contribution in [0, 0.1) is 5.92 Å². The summed E-state index contributed by atoms with van der Waals surface area (Å²) >= 11 is 0. The van der Waals surface area contributed by atoms with Gasteiger partial charge in [-0.1, -0.05) is 13.8 Å². The minimum Gasteiger partial charge on any atom is -0.312 e. The molecule has 1 aliphatic heterocycles. The first kappa shape index (κ1) is 13.9. The third-order valence-corrected chi connectivity index (χ3v) is 3.99. The van der Waals surface area contributed by atoms with Gasteiger partial charge in [0.25, 0.3) is 0 Å². The van der Waals surface area contributed by atoms with Crippen molar-refractivity contribution in [2.24, 2.45) is 5.92 Å². The molecule has 3 nitrogen and oxygen atoms in total. The van der Waals surface area contributed by atoms with E-state index < -0.39 is 0 Å². The summed E-state index contributed by atoms with van der Waals surface area (Å²) < 4.78 is 0. The fraction of sp³-hybridized carbons (Fsp3) is 1.00. The van der Waals surface area contributed by atoms with Gasteiger partial charge in [0, 0.05) is 25.2 Å². The first-order valence-electron chi connectivity index (χ1n) is 6.64. The molecule has 16 heavy (non-hydrogen) atoms. The molecule has 96 valence electrons. The molecule has 3 heteroatoms. The standard InChI is InChI=1S/C13H29N3/c1-6-12-11(2)13(7-9-15(3)4)16(5)10-8-14-12/h11-14H,6-10H2,1-5H3/t11-,12?,13+/m1/s1. The third kappa shape index (κ3) is 3.72. The molecule has 0 aliphatic carbocycles. The van der Waals surface area contributed by atoms with Gasteiger partial charge in [-0.2, -0.15) is 0 Å². The predicted octanol–water partition coefficient (Wildman–Crippen LogP) is 1.26. The molecule has 1 fully saturated rings. The molecule has 0 radical (unpaired) electrons. The maximum atomic E-state index is 3.67. The van der Waals surface area contributed by atoms with Crippen molar-refractivity contribution < 1.29 is 0 Å². The van der Waals surface area contributed by atoms with E-state index in [0.717, 1.165) is 18.5 Å². The van der Waals surface area contributed by atoms with Crippen molar-refractivity contribution in [1.29, 1.82) is 0 Å². The lowest BCUT2D eigenvalue weighted by molar-refractivity contribution is 0.166. The van der Waals surface area contributed by atoms with Gasteiger partial charge in [-0.25, -0.2) is 0 Å². The molecule has 1 N–H and O–H groups in total. The summed E-state index contributed by atoms with van der Waals surface area (Å²) in [5.74, 6) is 0.748. The molecule has 0 amide bonds. The minimum absolute atomic E-state index is 0.692. The highest BCUT2D eigenvalue weighted by molar-refractivity contribution is 4.87. The van der Waals surface area contributed by atoms with Crippen molar-refractivity contribution in [3.63, 3.8) is 0 Å². The Morgan fingerprint density at radius 2 is 2.06 bits per heavy atom. The van der Waals surface area contributed by atoms with Crippen LogP contribution in [0.2, 0.25) is 0 Å². The highest BCUT2D eigenvalue weighted by atomic mass is 15.2. The summed E-state index contributed by atoms with van der Waals surface area (Å²) in [5.41, 5.74) is 0. The summed E-state index contributed by atoms with van der Waals surface area (Å²) in [7, 11) is 6.60. The second kappa shape index (κ2) is 6.58. The van der Waals surface area contributed by atoms with Crippen molar-refractivity contribution in [2.75, 3.05) is 40.8 Å². The van der Waals surface area contributed by atoms with Crippen LogP contribution in [0.5, 0.6) is 0 Å². The number of rotatable bonds is 4. The summed E-state index contributed by atoms with van der Waals surface area (Å²) in [5, 5.41) is 3.67. The van der Waals surface area contributed by atoms with E-state index in [-0.39, 0.29) is 0 Å². The smallest absolute Gasteiger partial charge is 0.0145 e. The molecule has 0 aromatic heterocycles. The SMILES string of the molecule is CCC1NCCN(C)[C@@H](CCN(C)C)[C@@H]1C. The van der Waals surface area contributed by atoms with Crippen LogP contribution < -0.4 is 5.32 Å². The Morgan fingerprint density at radius 1 is 1.38 bits per heavy atom. The normalized spacial score (nSPS) is 33.0. The van der Waals surface area contributed by atoms with E-state index in [1.165, 1.54) is 25.9 Å². The van der Waals surface area contributed by atoms with E-state index in [1.54, 1.807) is 0 Å². The molecule has 1 saturated heterocycles. The van der Waals surface area contributed by atoms with Crippen molar-refractivity contribution in [3.05, 3.63) is 0 Å². The monoisotopic (exact) mass is 227 g/mol. The number of likely N-dealkylation sites (N-methyl/N-ethyl adjacent to an activating group) is 1. The maximum absolute atomic E-state index is 3.67. The van der Waals surface area contributed by atoms with Gasteiger partial charge >= 0.3 is 0 Å². The molecule has 1 rings (SSSR count). The van der Waals surface area contributed by atoms with Gasteiger partial charge in [-0.05, 0) is 46.4 Å². The first-order chi connectivity index (χ1) is 7.56. The zero-order valence-electron chi connectivity index (χ0n) is 11.7. The largest absolute Gasteiger partial charge is 0.312 e. The van der Waals surface area contributed by atoms with Gasteiger partial charge in [0.2, 0.25) is 0 Å². The lowest BCUT2D eigenvalue weighted by Gasteiger charge is -2.34. The van der Waals surface area contributed by atoms with Crippen molar-refractivity contribution in [1.82, 2.24) is 15.1 Å². The van der Waals surface area contributed by atoms with E-state index in [2.05, 4.69) is 50.1 Å². The van der Waals surface area contributed by atoms with Crippen molar-refractivity contribution >= 4 is 0 Å². The fourth-order valence-electron chi connectivity index (χ4n) is 2.84. The average Bonchev–Trinajstić information content (AvgIpc) is 2.35. The molecule has 3 atom stereocenters. The maximum Gasteiger partial charge on any atom is 0.0145 e. The van der Waals surface area contributed by atoms with Gasteiger partial charge in [-0.3, -0.25) is 0 Å². The lowest BCUT2D eigenvalue weighted by Crippen LogP contribution is -2.42. The predicted molar refractivity (Wildman–Crippen MR) is 70.8 cm³/mol. The van der Waals surface area contributed by atoms with Crippen LogP contribution in [-0.4, -0.2) is 62.7 Å². The van der Waals surface area contributed by atoms with Gasteiger partial charge < -0.3 is 15.1 Å². The lowest BCUT2D eigenvalue weighted by atomic mass is 9.89. The Bertz CT molecular complexity index is 194. The van der Waals surface area contributed by atoms with Gasteiger partial charge in [0.1, 0.15) is 0 Å². The molecule has 1 heterocycles. The fourth-order valence-corrected chi connectivity index (χ4v) is 2.84. The Hall–Kier alpha value is -0.120. The van der Waals surface area contributed by atoms with Crippen LogP contribution in [0.15, 0.2) is 0 Å². The molecule has 1 aliphatic rings. The molecular weight excluding hydrogens is 198 g/mol. The average molecular weight is 227 g/mol. The number of nitrogens with zero attached hydrogens (tertiary/aromatic N) is 2. The Labute approximate surface area is 101 Å². The van der Waals surface area contributed by atoms with Gasteiger partial charge in [0.15, 0.2) is 0 Å². The van der Waals surface area contributed by atoms with E-state index in [1.807, 2.05) is 0 Å². The Kier molecular flexibility index (Phi) is 5.73. The Balaban J connectivity index is 2.59. The van der Waals surface area contributed by atoms with Crippen LogP contribution >= 0.6 is 0 Å². The van der Waals surface area contributed by atoms with Crippen LogP contribution in [0.25, 0.3) is 0 Å². The minimum atomic E-state index is 0.692. The van der Waals surface area contributed by atoms with Gasteiger partial charge in [0.05, 0.1) is 0 Å². The van der Waals surface area contributed by atoms with Gasteiger partial charge in [-0.15, -0.1) is 0 Å². The van der Waals surface area contributed by atoms with E-state index in [4.69, 9.17) is 0 Å². The van der Waals surface area contributed by atoms with Crippen molar-refractivity contribution in [3.8, 4) is 0 Å². The molecule has 0 bridgehead atoms.